The van der Waals surface area contributed by atoms with E-state index in [1.807, 2.05) is 32.0 Å². The van der Waals surface area contributed by atoms with E-state index in [-0.39, 0.29) is 12.5 Å². The van der Waals surface area contributed by atoms with Crippen molar-refractivity contribution >= 4 is 11.6 Å². The van der Waals surface area contributed by atoms with Gasteiger partial charge in [-0.25, -0.2) is 0 Å². The summed E-state index contributed by atoms with van der Waals surface area (Å²) in [6.07, 6.45) is 0. The Balaban J connectivity index is 2.05. The summed E-state index contributed by atoms with van der Waals surface area (Å²) in [5, 5.41) is 11.7. The number of benzene rings is 2. The first-order chi connectivity index (χ1) is 12.1. The highest BCUT2D eigenvalue weighted by molar-refractivity contribution is 5.93. The van der Waals surface area contributed by atoms with Crippen LogP contribution >= 0.6 is 0 Å². The van der Waals surface area contributed by atoms with Crippen molar-refractivity contribution < 1.29 is 19.0 Å². The molecule has 130 valence electrons. The monoisotopic (exact) mass is 340 g/mol. The highest BCUT2D eigenvalue weighted by Crippen LogP contribution is 2.29. The highest BCUT2D eigenvalue weighted by Gasteiger charge is 2.11. The minimum absolute atomic E-state index is 0.191. The highest BCUT2D eigenvalue weighted by atomic mass is 16.5. The fourth-order valence-electron chi connectivity index (χ4n) is 2.21. The fraction of sp³-hybridized carbons (Fsp3) is 0.263. The molecule has 0 fully saturated rings. The van der Waals surface area contributed by atoms with Crippen molar-refractivity contribution in [2.45, 2.75) is 13.8 Å². The molecule has 2 aromatic carbocycles. The number of hydrogen-bond acceptors (Lipinski definition) is 5. The number of rotatable bonds is 7. The van der Waals surface area contributed by atoms with E-state index in [9.17, 15) is 4.79 Å². The van der Waals surface area contributed by atoms with Crippen molar-refractivity contribution in [1.29, 1.82) is 5.26 Å². The number of anilines is 1. The number of nitriles is 1. The Labute approximate surface area is 146 Å². The zero-order valence-corrected chi connectivity index (χ0v) is 14.5. The van der Waals surface area contributed by atoms with Gasteiger partial charge in [-0.05, 0) is 43.7 Å². The third-order valence-corrected chi connectivity index (χ3v) is 3.36. The molecule has 6 nitrogen and oxygen atoms in total. The molecule has 1 N–H and O–H groups in total. The molecule has 0 aliphatic heterocycles. The van der Waals surface area contributed by atoms with Gasteiger partial charge in [0.15, 0.2) is 18.1 Å². The Morgan fingerprint density at radius 1 is 1.12 bits per heavy atom. The van der Waals surface area contributed by atoms with Crippen LogP contribution in [-0.4, -0.2) is 26.2 Å². The number of carbonyl (C=O) groups is 1. The van der Waals surface area contributed by atoms with Gasteiger partial charge < -0.3 is 19.5 Å². The predicted octanol–water partition coefficient (Wildman–Crippen LogP) is 3.29. The molecule has 0 atom stereocenters. The minimum Gasteiger partial charge on any atom is -0.495 e. The molecule has 0 radical (unpaired) electrons. The molecule has 0 unspecified atom stereocenters. The third-order valence-electron chi connectivity index (χ3n) is 3.36. The maximum absolute atomic E-state index is 12.2. The van der Waals surface area contributed by atoms with E-state index in [4.69, 9.17) is 19.5 Å². The quantitative estimate of drug-likeness (QED) is 0.836. The summed E-state index contributed by atoms with van der Waals surface area (Å²) in [6.45, 7) is 4.00. The first-order valence-corrected chi connectivity index (χ1v) is 7.81. The first kappa shape index (κ1) is 18.1. The van der Waals surface area contributed by atoms with E-state index in [0.717, 1.165) is 5.56 Å². The van der Waals surface area contributed by atoms with Crippen molar-refractivity contribution in [2.24, 2.45) is 0 Å². The molecule has 2 aromatic rings. The van der Waals surface area contributed by atoms with E-state index in [1.165, 1.54) is 0 Å². The lowest BCUT2D eigenvalue weighted by atomic mass is 10.2. The van der Waals surface area contributed by atoms with Crippen LogP contribution in [0.25, 0.3) is 0 Å². The lowest BCUT2D eigenvalue weighted by Gasteiger charge is -2.13. The van der Waals surface area contributed by atoms with Gasteiger partial charge in [0.1, 0.15) is 5.75 Å². The summed E-state index contributed by atoms with van der Waals surface area (Å²) in [7, 11) is 1.54. The zero-order chi connectivity index (χ0) is 18.2. The van der Waals surface area contributed by atoms with Gasteiger partial charge in [-0.2, -0.15) is 5.26 Å². The van der Waals surface area contributed by atoms with E-state index in [0.29, 0.717) is 35.1 Å². The standard InChI is InChI=1S/C19H20N2O4/c1-4-24-18-10-14(11-20)6-8-17(18)25-12-19(22)21-15-9-13(2)5-7-16(15)23-3/h5-10H,4,12H2,1-3H3,(H,21,22). The summed E-state index contributed by atoms with van der Waals surface area (Å²) in [4.78, 5) is 12.2. The number of ether oxygens (including phenoxy) is 3. The molecular formula is C19H20N2O4. The molecule has 25 heavy (non-hydrogen) atoms. The van der Waals surface area contributed by atoms with Crippen LogP contribution in [0.4, 0.5) is 5.69 Å². The van der Waals surface area contributed by atoms with Gasteiger partial charge in [0.25, 0.3) is 5.91 Å². The normalized spacial score (nSPS) is 9.84. The molecule has 0 aliphatic carbocycles. The van der Waals surface area contributed by atoms with Crippen LogP contribution in [0.5, 0.6) is 17.2 Å². The van der Waals surface area contributed by atoms with Gasteiger partial charge in [-0.3, -0.25) is 4.79 Å². The Bertz CT molecular complexity index is 796. The van der Waals surface area contributed by atoms with Gasteiger partial charge in [0.05, 0.1) is 31.0 Å². The van der Waals surface area contributed by atoms with E-state index in [1.54, 1.807) is 31.4 Å². The first-order valence-electron chi connectivity index (χ1n) is 7.81. The molecule has 0 heterocycles. The lowest BCUT2D eigenvalue weighted by Crippen LogP contribution is -2.20. The number of carbonyl (C=O) groups excluding carboxylic acids is 1. The van der Waals surface area contributed by atoms with Crippen molar-refractivity contribution in [3.05, 3.63) is 47.5 Å². The number of methoxy groups -OCH3 is 1. The predicted molar refractivity (Wildman–Crippen MR) is 94.2 cm³/mol. The van der Waals surface area contributed by atoms with E-state index >= 15 is 0 Å². The minimum atomic E-state index is -0.323. The van der Waals surface area contributed by atoms with E-state index < -0.39 is 0 Å². The maximum atomic E-state index is 12.2. The Hall–Kier alpha value is -3.20. The number of nitrogens with zero attached hydrogens (tertiary/aromatic N) is 1. The Kier molecular flexibility index (Phi) is 6.24. The largest absolute Gasteiger partial charge is 0.495 e. The van der Waals surface area contributed by atoms with Crippen molar-refractivity contribution in [2.75, 3.05) is 25.6 Å². The fourth-order valence-corrected chi connectivity index (χ4v) is 2.21. The second-order valence-corrected chi connectivity index (χ2v) is 5.25. The van der Waals surface area contributed by atoms with E-state index in [2.05, 4.69) is 5.32 Å². The summed E-state index contributed by atoms with van der Waals surface area (Å²) in [6, 6.07) is 12.4. The average molecular weight is 340 g/mol. The van der Waals surface area contributed by atoms with Gasteiger partial charge in [-0.1, -0.05) is 6.07 Å². The van der Waals surface area contributed by atoms with Crippen LogP contribution in [-0.2, 0) is 4.79 Å². The smallest absolute Gasteiger partial charge is 0.262 e. The van der Waals surface area contributed by atoms with Gasteiger partial charge in [0.2, 0.25) is 0 Å². The second kappa shape index (κ2) is 8.60. The van der Waals surface area contributed by atoms with Crippen LogP contribution in [0.3, 0.4) is 0 Å². The molecule has 2 rings (SSSR count). The van der Waals surface area contributed by atoms with Crippen molar-refractivity contribution in [3.8, 4) is 23.3 Å². The summed E-state index contributed by atoms with van der Waals surface area (Å²) < 4.78 is 16.2. The van der Waals surface area contributed by atoms with Gasteiger partial charge >= 0.3 is 0 Å². The number of nitrogens with one attached hydrogen (secondary N) is 1. The molecule has 0 saturated carbocycles. The van der Waals surface area contributed by atoms with Crippen molar-refractivity contribution in [3.63, 3.8) is 0 Å². The van der Waals surface area contributed by atoms with Crippen LogP contribution in [0.2, 0.25) is 0 Å². The topological polar surface area (TPSA) is 80.6 Å². The summed E-state index contributed by atoms with van der Waals surface area (Å²) in [5.41, 5.74) is 2.05. The number of aryl methyl sites for hydroxylation is 1. The van der Waals surface area contributed by atoms with Crippen LogP contribution in [0.1, 0.15) is 18.1 Å². The van der Waals surface area contributed by atoms with Gasteiger partial charge in [-0.15, -0.1) is 0 Å². The summed E-state index contributed by atoms with van der Waals surface area (Å²) in [5.74, 6) is 1.10. The molecule has 6 heteroatoms. The molecular weight excluding hydrogens is 320 g/mol. The zero-order valence-electron chi connectivity index (χ0n) is 14.5. The number of hydrogen-bond donors (Lipinski definition) is 1. The Morgan fingerprint density at radius 2 is 1.88 bits per heavy atom. The molecule has 0 bridgehead atoms. The summed E-state index contributed by atoms with van der Waals surface area (Å²) >= 11 is 0. The molecule has 1 amide bonds. The molecule has 0 saturated heterocycles. The average Bonchev–Trinajstić information content (AvgIpc) is 2.61. The molecule has 0 spiro atoms. The van der Waals surface area contributed by atoms with Crippen LogP contribution < -0.4 is 19.5 Å². The molecule has 0 aliphatic rings. The lowest BCUT2D eigenvalue weighted by molar-refractivity contribution is -0.118. The van der Waals surface area contributed by atoms with Gasteiger partial charge in [0, 0.05) is 6.07 Å². The van der Waals surface area contributed by atoms with Crippen LogP contribution in [0.15, 0.2) is 36.4 Å². The third kappa shape index (κ3) is 4.88. The SMILES string of the molecule is CCOc1cc(C#N)ccc1OCC(=O)Nc1cc(C)ccc1OC. The molecule has 0 aromatic heterocycles. The van der Waals surface area contributed by atoms with Crippen LogP contribution in [0, 0.1) is 18.3 Å². The number of amides is 1. The second-order valence-electron chi connectivity index (χ2n) is 5.25. The maximum Gasteiger partial charge on any atom is 0.262 e. The van der Waals surface area contributed by atoms with Crippen molar-refractivity contribution in [1.82, 2.24) is 0 Å². The Morgan fingerprint density at radius 3 is 2.56 bits per heavy atom.